The molecule has 1 aromatic carbocycles. The van der Waals surface area contributed by atoms with Gasteiger partial charge in [0.05, 0.1) is 16.8 Å². The van der Waals surface area contributed by atoms with E-state index in [2.05, 4.69) is 0 Å². The summed E-state index contributed by atoms with van der Waals surface area (Å²) in [4.78, 5) is 14.0. The fourth-order valence-corrected chi connectivity index (χ4v) is 3.13. The van der Waals surface area contributed by atoms with E-state index >= 15 is 0 Å². The molecule has 0 bridgehead atoms. The Morgan fingerprint density at radius 1 is 1.29 bits per heavy atom. The number of rotatable bonds is 2. The summed E-state index contributed by atoms with van der Waals surface area (Å²) in [5.41, 5.74) is 0.692. The van der Waals surface area contributed by atoms with E-state index in [4.69, 9.17) is 5.84 Å². The molecule has 0 unspecified atom stereocenters. The zero-order chi connectivity index (χ0) is 15.5. The minimum atomic E-state index is -4.56. The van der Waals surface area contributed by atoms with Crippen LogP contribution in [0, 0.1) is 0 Å². The van der Waals surface area contributed by atoms with Crippen LogP contribution in [0.4, 0.5) is 18.9 Å². The number of alkyl halides is 3. The molecule has 1 saturated heterocycles. The average Bonchev–Trinajstić information content (AvgIpc) is 2.73. The first-order valence-corrected chi connectivity index (χ1v) is 7.64. The molecule has 4 nitrogen and oxygen atoms in total. The Morgan fingerprint density at radius 2 is 2.05 bits per heavy atom. The van der Waals surface area contributed by atoms with Crippen LogP contribution < -0.4 is 11.3 Å². The molecule has 1 fully saturated rings. The van der Waals surface area contributed by atoms with Crippen molar-refractivity contribution in [1.82, 2.24) is 4.90 Å². The van der Waals surface area contributed by atoms with E-state index in [1.807, 2.05) is 5.43 Å². The maximum absolute atomic E-state index is 13.0. The zero-order valence-corrected chi connectivity index (χ0v) is 12.1. The number of halogens is 3. The summed E-state index contributed by atoms with van der Waals surface area (Å²) >= 11 is 1.74. The molecule has 0 aromatic heterocycles. The lowest BCUT2D eigenvalue weighted by Gasteiger charge is -2.23. The van der Waals surface area contributed by atoms with Crippen molar-refractivity contribution >= 4 is 23.4 Å². The SMILES string of the molecule is NNc1c(C(=O)N2CCCSCC2)cccc1C(F)(F)F. The van der Waals surface area contributed by atoms with Crippen LogP contribution in [0.1, 0.15) is 22.3 Å². The van der Waals surface area contributed by atoms with E-state index in [9.17, 15) is 18.0 Å². The number of anilines is 1. The van der Waals surface area contributed by atoms with Crippen LogP contribution in [0.3, 0.4) is 0 Å². The summed E-state index contributed by atoms with van der Waals surface area (Å²) < 4.78 is 38.9. The first kappa shape index (κ1) is 16.0. The topological polar surface area (TPSA) is 58.4 Å². The first-order valence-electron chi connectivity index (χ1n) is 6.49. The highest BCUT2D eigenvalue weighted by Crippen LogP contribution is 2.36. The lowest BCUT2D eigenvalue weighted by molar-refractivity contribution is -0.137. The maximum Gasteiger partial charge on any atom is 0.418 e. The number of nitrogen functional groups attached to an aromatic ring is 1. The molecule has 0 spiro atoms. The number of hydrazine groups is 1. The second kappa shape index (κ2) is 6.57. The Balaban J connectivity index is 2.36. The Bertz CT molecular complexity index is 514. The van der Waals surface area contributed by atoms with Crippen LogP contribution in [-0.2, 0) is 6.18 Å². The normalized spacial score (nSPS) is 16.5. The van der Waals surface area contributed by atoms with Crippen molar-refractivity contribution in [1.29, 1.82) is 0 Å². The molecule has 2 rings (SSSR count). The van der Waals surface area contributed by atoms with Crippen molar-refractivity contribution in [3.05, 3.63) is 29.3 Å². The van der Waals surface area contributed by atoms with Gasteiger partial charge in [-0.15, -0.1) is 0 Å². The van der Waals surface area contributed by atoms with Gasteiger partial charge in [0.2, 0.25) is 0 Å². The molecule has 0 aliphatic carbocycles. The lowest BCUT2D eigenvalue weighted by atomic mass is 10.1. The van der Waals surface area contributed by atoms with Gasteiger partial charge in [0, 0.05) is 18.8 Å². The predicted molar refractivity (Wildman–Crippen MR) is 77.1 cm³/mol. The van der Waals surface area contributed by atoms with Gasteiger partial charge in [-0.2, -0.15) is 24.9 Å². The molecule has 0 atom stereocenters. The quantitative estimate of drug-likeness (QED) is 0.650. The minimum Gasteiger partial charge on any atom is -0.338 e. The largest absolute Gasteiger partial charge is 0.418 e. The Kier molecular flexibility index (Phi) is 5.00. The Labute approximate surface area is 124 Å². The number of hydrogen-bond acceptors (Lipinski definition) is 4. The van der Waals surface area contributed by atoms with Gasteiger partial charge in [0.15, 0.2) is 0 Å². The summed E-state index contributed by atoms with van der Waals surface area (Å²) in [6.45, 7) is 1.08. The number of carbonyl (C=O) groups excluding carboxylic acids is 1. The fraction of sp³-hybridized carbons (Fsp3) is 0.462. The molecule has 8 heteroatoms. The predicted octanol–water partition coefficient (Wildman–Crippen LogP) is 2.57. The highest BCUT2D eigenvalue weighted by molar-refractivity contribution is 7.99. The van der Waals surface area contributed by atoms with E-state index in [1.165, 1.54) is 12.1 Å². The Hall–Kier alpha value is -1.41. The number of nitrogens with zero attached hydrogens (tertiary/aromatic N) is 1. The molecule has 21 heavy (non-hydrogen) atoms. The summed E-state index contributed by atoms with van der Waals surface area (Å²) in [6, 6.07) is 3.50. The number of hydrogen-bond donors (Lipinski definition) is 2. The first-order chi connectivity index (χ1) is 9.95. The van der Waals surface area contributed by atoms with Gasteiger partial charge >= 0.3 is 6.18 Å². The van der Waals surface area contributed by atoms with Gasteiger partial charge in [-0.25, -0.2) is 0 Å². The third-order valence-corrected chi connectivity index (χ3v) is 4.30. The number of carbonyl (C=O) groups is 1. The monoisotopic (exact) mass is 319 g/mol. The molecule has 1 amide bonds. The van der Waals surface area contributed by atoms with E-state index in [1.54, 1.807) is 16.7 Å². The second-order valence-corrected chi connectivity index (χ2v) is 5.85. The summed E-state index contributed by atoms with van der Waals surface area (Å²) in [5, 5.41) is 0. The van der Waals surface area contributed by atoms with Crippen LogP contribution in [0.25, 0.3) is 0 Å². The molecule has 1 heterocycles. The molecule has 1 aliphatic heterocycles. The number of nitrogens with two attached hydrogens (primary N) is 1. The van der Waals surface area contributed by atoms with Gasteiger partial charge in [0.25, 0.3) is 5.91 Å². The smallest absolute Gasteiger partial charge is 0.338 e. The fourth-order valence-electron chi connectivity index (χ4n) is 2.24. The van der Waals surface area contributed by atoms with Crippen LogP contribution in [-0.4, -0.2) is 35.4 Å². The molecule has 1 aliphatic rings. The van der Waals surface area contributed by atoms with Gasteiger partial charge < -0.3 is 10.3 Å². The highest BCUT2D eigenvalue weighted by atomic mass is 32.2. The summed E-state index contributed by atoms with van der Waals surface area (Å²) in [5.74, 6) is 6.54. The van der Waals surface area contributed by atoms with Crippen LogP contribution in [0.5, 0.6) is 0 Å². The summed E-state index contributed by atoms with van der Waals surface area (Å²) in [6.07, 6.45) is -3.73. The van der Waals surface area contributed by atoms with Crippen LogP contribution in [0.2, 0.25) is 0 Å². The molecular formula is C13H16F3N3OS. The van der Waals surface area contributed by atoms with E-state index in [0.29, 0.717) is 13.1 Å². The number of para-hydroxylation sites is 1. The molecule has 0 saturated carbocycles. The van der Waals surface area contributed by atoms with E-state index in [-0.39, 0.29) is 11.3 Å². The lowest BCUT2D eigenvalue weighted by Crippen LogP contribution is -2.34. The van der Waals surface area contributed by atoms with Gasteiger partial charge in [-0.1, -0.05) is 6.07 Å². The molecule has 0 radical (unpaired) electrons. The number of amides is 1. The molecular weight excluding hydrogens is 303 g/mol. The van der Waals surface area contributed by atoms with Crippen molar-refractivity contribution < 1.29 is 18.0 Å². The maximum atomic E-state index is 13.0. The van der Waals surface area contributed by atoms with E-state index < -0.39 is 17.6 Å². The molecule has 116 valence electrons. The molecule has 1 aromatic rings. The second-order valence-electron chi connectivity index (χ2n) is 4.63. The van der Waals surface area contributed by atoms with Gasteiger partial charge in [-0.3, -0.25) is 10.6 Å². The minimum absolute atomic E-state index is 0.0424. The van der Waals surface area contributed by atoms with Crippen molar-refractivity contribution in [2.45, 2.75) is 12.6 Å². The average molecular weight is 319 g/mol. The number of nitrogens with one attached hydrogen (secondary N) is 1. The number of thioether (sulfide) groups is 1. The molecule has 3 N–H and O–H groups in total. The zero-order valence-electron chi connectivity index (χ0n) is 11.2. The Morgan fingerprint density at radius 3 is 2.71 bits per heavy atom. The van der Waals surface area contributed by atoms with Crippen molar-refractivity contribution in [2.24, 2.45) is 5.84 Å². The van der Waals surface area contributed by atoms with Crippen LogP contribution in [0.15, 0.2) is 18.2 Å². The third kappa shape index (κ3) is 3.62. The number of benzene rings is 1. The highest BCUT2D eigenvalue weighted by Gasteiger charge is 2.35. The third-order valence-electron chi connectivity index (χ3n) is 3.25. The van der Waals surface area contributed by atoms with Crippen molar-refractivity contribution in [3.8, 4) is 0 Å². The van der Waals surface area contributed by atoms with Crippen molar-refractivity contribution in [2.75, 3.05) is 30.0 Å². The van der Waals surface area contributed by atoms with Crippen LogP contribution >= 0.6 is 11.8 Å². The summed E-state index contributed by atoms with van der Waals surface area (Å²) in [7, 11) is 0. The van der Waals surface area contributed by atoms with Gasteiger partial charge in [-0.05, 0) is 24.3 Å². The van der Waals surface area contributed by atoms with Gasteiger partial charge in [0.1, 0.15) is 0 Å². The standard InChI is InChI=1S/C13H16F3N3OS/c14-13(15,16)10-4-1-3-9(11(10)18-17)12(20)19-5-2-7-21-8-6-19/h1,3-4,18H,2,5-8,17H2. The van der Waals surface area contributed by atoms with E-state index in [0.717, 1.165) is 24.0 Å². The van der Waals surface area contributed by atoms with Crippen molar-refractivity contribution in [3.63, 3.8) is 0 Å².